The predicted molar refractivity (Wildman–Crippen MR) is 78.1 cm³/mol. The third-order valence-corrected chi connectivity index (χ3v) is 4.67. The number of hydrogen-bond acceptors (Lipinski definition) is 3. The van der Waals surface area contributed by atoms with Crippen LogP contribution in [0, 0.1) is 5.92 Å². The largest absolute Gasteiger partial charge is 0.356 e. The molecule has 1 aliphatic carbocycles. The number of carbonyl (C=O) groups excluding carboxylic acids is 1. The molecule has 4 heteroatoms. The normalized spacial score (nSPS) is 22.0. The van der Waals surface area contributed by atoms with Crippen LogP contribution in [0.1, 0.15) is 46.0 Å². The van der Waals surface area contributed by atoms with Crippen LogP contribution >= 0.6 is 0 Å². The maximum absolute atomic E-state index is 12.0. The first-order valence-electron chi connectivity index (χ1n) is 7.80. The van der Waals surface area contributed by atoms with Crippen molar-refractivity contribution in [3.8, 4) is 0 Å². The summed E-state index contributed by atoms with van der Waals surface area (Å²) >= 11 is 0. The Morgan fingerprint density at radius 3 is 2.58 bits per heavy atom. The Balaban J connectivity index is 1.66. The van der Waals surface area contributed by atoms with Crippen LogP contribution in [0.3, 0.4) is 0 Å². The average Bonchev–Trinajstić information content (AvgIpc) is 2.33. The van der Waals surface area contributed by atoms with Gasteiger partial charge in [0.05, 0.1) is 0 Å². The van der Waals surface area contributed by atoms with Crippen molar-refractivity contribution in [1.82, 2.24) is 15.5 Å². The minimum atomic E-state index is -0.0251. The van der Waals surface area contributed by atoms with Gasteiger partial charge in [-0.15, -0.1) is 0 Å². The molecule has 2 N–H and O–H groups in total. The first kappa shape index (κ1) is 14.8. The molecular formula is C15H29N3O. The first-order valence-corrected chi connectivity index (χ1v) is 7.80. The van der Waals surface area contributed by atoms with Gasteiger partial charge in [-0.2, -0.15) is 0 Å². The number of amides is 1. The van der Waals surface area contributed by atoms with Crippen molar-refractivity contribution >= 4 is 5.91 Å². The van der Waals surface area contributed by atoms with Gasteiger partial charge in [-0.25, -0.2) is 0 Å². The molecule has 0 atom stereocenters. The predicted octanol–water partition coefficient (Wildman–Crippen LogP) is 1.37. The molecule has 2 fully saturated rings. The average molecular weight is 267 g/mol. The highest BCUT2D eigenvalue weighted by molar-refractivity contribution is 5.77. The molecule has 0 aromatic rings. The topological polar surface area (TPSA) is 44.4 Å². The molecule has 110 valence electrons. The van der Waals surface area contributed by atoms with Crippen LogP contribution in [0.5, 0.6) is 0 Å². The third kappa shape index (κ3) is 4.46. The van der Waals surface area contributed by atoms with E-state index in [-0.39, 0.29) is 11.4 Å². The van der Waals surface area contributed by atoms with Crippen LogP contribution in [0.25, 0.3) is 0 Å². The van der Waals surface area contributed by atoms with Crippen LogP contribution in [-0.4, -0.2) is 49.1 Å². The van der Waals surface area contributed by atoms with Crippen molar-refractivity contribution in [2.45, 2.75) is 51.5 Å². The maximum atomic E-state index is 12.0. The fraction of sp³-hybridized carbons (Fsp3) is 0.933. The Hall–Kier alpha value is -0.610. The summed E-state index contributed by atoms with van der Waals surface area (Å²) in [5.74, 6) is 1.09. The maximum Gasteiger partial charge on any atom is 0.221 e. The van der Waals surface area contributed by atoms with Gasteiger partial charge in [0.2, 0.25) is 5.91 Å². The van der Waals surface area contributed by atoms with Gasteiger partial charge in [0.1, 0.15) is 0 Å². The number of hydrogen-bond donors (Lipinski definition) is 2. The highest BCUT2D eigenvalue weighted by Gasteiger charge is 2.30. The highest BCUT2D eigenvalue weighted by Crippen LogP contribution is 2.28. The minimum Gasteiger partial charge on any atom is -0.356 e. The van der Waals surface area contributed by atoms with Crippen molar-refractivity contribution in [2.24, 2.45) is 5.92 Å². The molecule has 1 heterocycles. The van der Waals surface area contributed by atoms with Crippen LogP contribution in [-0.2, 0) is 4.79 Å². The molecule has 2 aliphatic rings. The van der Waals surface area contributed by atoms with E-state index in [0.717, 1.165) is 38.6 Å². The van der Waals surface area contributed by atoms with Crippen molar-refractivity contribution < 1.29 is 4.79 Å². The van der Waals surface area contributed by atoms with Gasteiger partial charge in [-0.1, -0.05) is 19.3 Å². The van der Waals surface area contributed by atoms with Gasteiger partial charge in [0.15, 0.2) is 0 Å². The highest BCUT2D eigenvalue weighted by atomic mass is 16.1. The number of carbonyl (C=O) groups is 1. The Morgan fingerprint density at radius 2 is 2.00 bits per heavy atom. The summed E-state index contributed by atoms with van der Waals surface area (Å²) in [7, 11) is 0. The molecule has 1 saturated carbocycles. The van der Waals surface area contributed by atoms with Gasteiger partial charge in [-0.3, -0.25) is 9.69 Å². The molecule has 0 aromatic carbocycles. The Labute approximate surface area is 117 Å². The second kappa shape index (κ2) is 6.71. The van der Waals surface area contributed by atoms with E-state index in [0.29, 0.717) is 6.42 Å². The van der Waals surface area contributed by atoms with E-state index in [4.69, 9.17) is 0 Å². The zero-order chi connectivity index (χ0) is 13.7. The van der Waals surface area contributed by atoms with Gasteiger partial charge in [0, 0.05) is 44.7 Å². The molecule has 19 heavy (non-hydrogen) atoms. The van der Waals surface area contributed by atoms with Crippen LogP contribution in [0.15, 0.2) is 0 Å². The zero-order valence-corrected chi connectivity index (χ0v) is 12.5. The summed E-state index contributed by atoms with van der Waals surface area (Å²) in [6, 6.07) is 0. The molecule has 0 spiro atoms. The molecular weight excluding hydrogens is 238 g/mol. The van der Waals surface area contributed by atoms with Crippen molar-refractivity contribution in [3.63, 3.8) is 0 Å². The lowest BCUT2D eigenvalue weighted by Crippen LogP contribution is -2.54. The van der Waals surface area contributed by atoms with Crippen LogP contribution < -0.4 is 10.6 Å². The summed E-state index contributed by atoms with van der Waals surface area (Å²) < 4.78 is 0. The summed E-state index contributed by atoms with van der Waals surface area (Å²) in [6.07, 6.45) is 5.89. The second-order valence-corrected chi connectivity index (χ2v) is 6.66. The van der Waals surface area contributed by atoms with E-state index in [1.807, 2.05) is 0 Å². The van der Waals surface area contributed by atoms with Gasteiger partial charge < -0.3 is 10.6 Å². The molecule has 1 saturated heterocycles. The van der Waals surface area contributed by atoms with Crippen molar-refractivity contribution in [1.29, 1.82) is 0 Å². The second-order valence-electron chi connectivity index (χ2n) is 6.66. The lowest BCUT2D eigenvalue weighted by Gasteiger charge is -2.40. The van der Waals surface area contributed by atoms with E-state index >= 15 is 0 Å². The molecule has 1 aliphatic heterocycles. The third-order valence-electron chi connectivity index (χ3n) is 4.67. The first-order chi connectivity index (χ1) is 9.08. The molecule has 0 bridgehead atoms. The summed E-state index contributed by atoms with van der Waals surface area (Å²) in [5, 5.41) is 6.45. The van der Waals surface area contributed by atoms with Crippen LogP contribution in [0.4, 0.5) is 0 Å². The molecule has 0 radical (unpaired) electrons. The summed E-state index contributed by atoms with van der Waals surface area (Å²) in [4.78, 5) is 14.5. The quantitative estimate of drug-likeness (QED) is 0.764. The van der Waals surface area contributed by atoms with Gasteiger partial charge in [0.25, 0.3) is 0 Å². The lowest BCUT2D eigenvalue weighted by molar-refractivity contribution is -0.123. The van der Waals surface area contributed by atoms with E-state index < -0.39 is 0 Å². The Morgan fingerprint density at radius 1 is 1.32 bits per heavy atom. The fourth-order valence-electron chi connectivity index (χ4n) is 3.03. The SMILES string of the molecule is CC(C)(CC(=O)NCCC1CCC1)N1CCNCC1. The van der Waals surface area contributed by atoms with Crippen molar-refractivity contribution in [3.05, 3.63) is 0 Å². The van der Waals surface area contributed by atoms with E-state index in [1.54, 1.807) is 0 Å². The molecule has 1 amide bonds. The zero-order valence-electron chi connectivity index (χ0n) is 12.5. The number of nitrogens with one attached hydrogen (secondary N) is 2. The van der Waals surface area contributed by atoms with E-state index in [2.05, 4.69) is 29.4 Å². The number of piperazine rings is 1. The fourth-order valence-corrected chi connectivity index (χ4v) is 3.03. The molecule has 0 aromatic heterocycles. The standard InChI is InChI=1S/C15H29N3O/c1-15(2,18-10-8-16-9-11-18)12-14(19)17-7-6-13-4-3-5-13/h13,16H,3-12H2,1-2H3,(H,17,19). The van der Waals surface area contributed by atoms with E-state index in [9.17, 15) is 4.79 Å². The molecule has 0 unspecified atom stereocenters. The number of rotatable bonds is 6. The van der Waals surface area contributed by atoms with Gasteiger partial charge in [-0.05, 0) is 26.2 Å². The Kier molecular flexibility index (Phi) is 5.22. The minimum absolute atomic E-state index is 0.0251. The lowest BCUT2D eigenvalue weighted by atomic mass is 9.83. The summed E-state index contributed by atoms with van der Waals surface area (Å²) in [6.45, 7) is 9.39. The van der Waals surface area contributed by atoms with Gasteiger partial charge >= 0.3 is 0 Å². The molecule has 2 rings (SSSR count). The summed E-state index contributed by atoms with van der Waals surface area (Å²) in [5.41, 5.74) is -0.0251. The number of nitrogens with zero attached hydrogens (tertiary/aromatic N) is 1. The van der Waals surface area contributed by atoms with Crippen LogP contribution in [0.2, 0.25) is 0 Å². The smallest absolute Gasteiger partial charge is 0.221 e. The van der Waals surface area contributed by atoms with E-state index in [1.165, 1.54) is 25.7 Å². The molecule has 4 nitrogen and oxygen atoms in total. The van der Waals surface area contributed by atoms with Crippen molar-refractivity contribution in [2.75, 3.05) is 32.7 Å². The monoisotopic (exact) mass is 267 g/mol. The Bertz CT molecular complexity index is 294.